The Hall–Kier alpha value is -1.85. The van der Waals surface area contributed by atoms with E-state index in [1.807, 2.05) is 4.90 Å². The molecule has 1 aromatic heterocycles. The SMILES string of the molecule is COc1cc(OC)nc(N2CCCC(=O)C2)n1. The van der Waals surface area contributed by atoms with Gasteiger partial charge in [-0.05, 0) is 6.42 Å². The fourth-order valence-corrected chi connectivity index (χ4v) is 1.75. The molecule has 2 heterocycles. The van der Waals surface area contributed by atoms with Gasteiger partial charge < -0.3 is 14.4 Å². The van der Waals surface area contributed by atoms with E-state index in [2.05, 4.69) is 9.97 Å². The smallest absolute Gasteiger partial charge is 0.232 e. The highest BCUT2D eigenvalue weighted by Gasteiger charge is 2.20. The largest absolute Gasteiger partial charge is 0.481 e. The minimum absolute atomic E-state index is 0.210. The number of ketones is 1. The number of piperidine rings is 1. The molecule has 0 aliphatic carbocycles. The van der Waals surface area contributed by atoms with E-state index in [9.17, 15) is 4.79 Å². The van der Waals surface area contributed by atoms with Gasteiger partial charge in [-0.3, -0.25) is 4.79 Å². The molecule has 1 aliphatic heterocycles. The average Bonchev–Trinajstić information content (AvgIpc) is 2.38. The quantitative estimate of drug-likeness (QED) is 0.769. The average molecular weight is 237 g/mol. The van der Waals surface area contributed by atoms with Crippen LogP contribution < -0.4 is 14.4 Å². The summed E-state index contributed by atoms with van der Waals surface area (Å²) in [6, 6.07) is 1.61. The first-order chi connectivity index (χ1) is 8.22. The van der Waals surface area contributed by atoms with Gasteiger partial charge in [-0.1, -0.05) is 0 Å². The van der Waals surface area contributed by atoms with Crippen LogP contribution >= 0.6 is 0 Å². The maximum Gasteiger partial charge on any atom is 0.232 e. The summed E-state index contributed by atoms with van der Waals surface area (Å²) in [7, 11) is 3.07. The number of rotatable bonds is 3. The molecule has 6 nitrogen and oxygen atoms in total. The number of methoxy groups -OCH3 is 2. The van der Waals surface area contributed by atoms with Gasteiger partial charge in [-0.15, -0.1) is 0 Å². The summed E-state index contributed by atoms with van der Waals surface area (Å²) >= 11 is 0. The van der Waals surface area contributed by atoms with Crippen LogP contribution in [-0.4, -0.2) is 43.1 Å². The first kappa shape index (κ1) is 11.6. The fraction of sp³-hybridized carbons (Fsp3) is 0.545. The molecule has 6 heteroatoms. The lowest BCUT2D eigenvalue weighted by Crippen LogP contribution is -2.36. The van der Waals surface area contributed by atoms with E-state index in [0.29, 0.717) is 30.7 Å². The normalized spacial score (nSPS) is 15.9. The van der Waals surface area contributed by atoms with Crippen molar-refractivity contribution in [1.82, 2.24) is 9.97 Å². The zero-order valence-corrected chi connectivity index (χ0v) is 9.97. The first-order valence-corrected chi connectivity index (χ1v) is 5.46. The summed E-state index contributed by atoms with van der Waals surface area (Å²) in [6.07, 6.45) is 1.47. The Labute approximate surface area is 99.6 Å². The van der Waals surface area contributed by atoms with Crippen LogP contribution in [0.15, 0.2) is 6.07 Å². The van der Waals surface area contributed by atoms with Gasteiger partial charge in [0.2, 0.25) is 17.7 Å². The molecular formula is C11H15N3O3. The molecule has 0 aromatic carbocycles. The van der Waals surface area contributed by atoms with Crippen LogP contribution in [0.5, 0.6) is 11.8 Å². The monoisotopic (exact) mass is 237 g/mol. The molecule has 1 saturated heterocycles. The standard InChI is InChI=1S/C11H15N3O3/c1-16-9-6-10(17-2)13-11(12-9)14-5-3-4-8(15)7-14/h6H,3-5,7H2,1-2H3. The lowest BCUT2D eigenvalue weighted by atomic mass is 10.1. The number of Topliss-reactive ketones (excluding diaryl/α,β-unsaturated/α-hetero) is 1. The molecular weight excluding hydrogens is 222 g/mol. The third-order valence-electron chi connectivity index (χ3n) is 2.62. The molecule has 0 N–H and O–H groups in total. The van der Waals surface area contributed by atoms with Crippen LogP contribution in [0.1, 0.15) is 12.8 Å². The van der Waals surface area contributed by atoms with Gasteiger partial charge in [0.25, 0.3) is 0 Å². The van der Waals surface area contributed by atoms with Crippen LogP contribution in [0.4, 0.5) is 5.95 Å². The third-order valence-corrected chi connectivity index (χ3v) is 2.62. The molecule has 1 aromatic rings. The van der Waals surface area contributed by atoms with E-state index >= 15 is 0 Å². The molecule has 0 atom stereocenters. The van der Waals surface area contributed by atoms with Gasteiger partial charge in [-0.25, -0.2) is 0 Å². The molecule has 0 radical (unpaired) electrons. The van der Waals surface area contributed by atoms with Crippen molar-refractivity contribution in [3.8, 4) is 11.8 Å². The molecule has 0 spiro atoms. The van der Waals surface area contributed by atoms with E-state index in [1.165, 1.54) is 14.2 Å². The Morgan fingerprint density at radius 2 is 1.88 bits per heavy atom. The van der Waals surface area contributed by atoms with Crippen molar-refractivity contribution in [3.05, 3.63) is 6.07 Å². The zero-order chi connectivity index (χ0) is 12.3. The van der Waals surface area contributed by atoms with Crippen molar-refractivity contribution in [2.24, 2.45) is 0 Å². The number of anilines is 1. The minimum Gasteiger partial charge on any atom is -0.481 e. The fourth-order valence-electron chi connectivity index (χ4n) is 1.75. The highest BCUT2D eigenvalue weighted by molar-refractivity contribution is 5.84. The second-order valence-corrected chi connectivity index (χ2v) is 3.82. The van der Waals surface area contributed by atoms with Gasteiger partial charge >= 0.3 is 0 Å². The van der Waals surface area contributed by atoms with Crippen molar-refractivity contribution in [3.63, 3.8) is 0 Å². The molecule has 1 fully saturated rings. The Morgan fingerprint density at radius 3 is 2.41 bits per heavy atom. The van der Waals surface area contributed by atoms with Crippen LogP contribution in [0, 0.1) is 0 Å². The summed E-state index contributed by atoms with van der Waals surface area (Å²) in [4.78, 5) is 21.7. The molecule has 0 amide bonds. The molecule has 2 rings (SSSR count). The Morgan fingerprint density at radius 1 is 1.24 bits per heavy atom. The van der Waals surface area contributed by atoms with Crippen LogP contribution in [0.25, 0.3) is 0 Å². The van der Waals surface area contributed by atoms with Crippen molar-refractivity contribution < 1.29 is 14.3 Å². The van der Waals surface area contributed by atoms with Gasteiger partial charge in [0, 0.05) is 13.0 Å². The number of carbonyl (C=O) groups is 1. The maximum atomic E-state index is 11.4. The highest BCUT2D eigenvalue weighted by Crippen LogP contribution is 2.21. The topological polar surface area (TPSA) is 64.6 Å². The van der Waals surface area contributed by atoms with E-state index in [4.69, 9.17) is 9.47 Å². The van der Waals surface area contributed by atoms with Crippen LogP contribution in [-0.2, 0) is 4.79 Å². The number of nitrogens with zero attached hydrogens (tertiary/aromatic N) is 3. The molecule has 0 saturated carbocycles. The summed E-state index contributed by atoms with van der Waals surface area (Å²) in [5.41, 5.74) is 0. The van der Waals surface area contributed by atoms with E-state index in [1.54, 1.807) is 6.07 Å². The van der Waals surface area contributed by atoms with E-state index in [0.717, 1.165) is 13.0 Å². The number of carbonyl (C=O) groups excluding carboxylic acids is 1. The summed E-state index contributed by atoms with van der Waals surface area (Å²) in [6.45, 7) is 1.14. The summed E-state index contributed by atoms with van der Waals surface area (Å²) in [5.74, 6) is 1.56. The minimum atomic E-state index is 0.210. The maximum absolute atomic E-state index is 11.4. The Bertz CT molecular complexity index is 400. The molecule has 0 bridgehead atoms. The van der Waals surface area contributed by atoms with E-state index in [-0.39, 0.29) is 5.78 Å². The van der Waals surface area contributed by atoms with Gasteiger partial charge in [-0.2, -0.15) is 9.97 Å². The molecule has 1 aliphatic rings. The van der Waals surface area contributed by atoms with Gasteiger partial charge in [0.1, 0.15) is 0 Å². The summed E-state index contributed by atoms with van der Waals surface area (Å²) in [5, 5.41) is 0. The molecule has 92 valence electrons. The Kier molecular flexibility index (Phi) is 3.41. The molecule has 0 unspecified atom stereocenters. The van der Waals surface area contributed by atoms with Crippen LogP contribution in [0.3, 0.4) is 0 Å². The lowest BCUT2D eigenvalue weighted by Gasteiger charge is -2.25. The predicted molar refractivity (Wildman–Crippen MR) is 61.6 cm³/mol. The van der Waals surface area contributed by atoms with Crippen molar-refractivity contribution in [2.45, 2.75) is 12.8 Å². The summed E-state index contributed by atoms with van der Waals surface area (Å²) < 4.78 is 10.1. The predicted octanol–water partition coefficient (Wildman–Crippen LogP) is 0.663. The van der Waals surface area contributed by atoms with Crippen molar-refractivity contribution in [1.29, 1.82) is 0 Å². The number of hydrogen-bond donors (Lipinski definition) is 0. The lowest BCUT2D eigenvalue weighted by molar-refractivity contribution is -0.118. The number of hydrogen-bond acceptors (Lipinski definition) is 6. The number of ether oxygens (including phenoxy) is 2. The number of aromatic nitrogens is 2. The first-order valence-electron chi connectivity index (χ1n) is 5.46. The Balaban J connectivity index is 2.26. The third kappa shape index (κ3) is 2.64. The van der Waals surface area contributed by atoms with Crippen molar-refractivity contribution >= 4 is 11.7 Å². The zero-order valence-electron chi connectivity index (χ0n) is 9.97. The van der Waals surface area contributed by atoms with Gasteiger partial charge in [0.05, 0.1) is 26.8 Å². The molecule has 17 heavy (non-hydrogen) atoms. The van der Waals surface area contributed by atoms with Crippen LogP contribution in [0.2, 0.25) is 0 Å². The van der Waals surface area contributed by atoms with Gasteiger partial charge in [0.15, 0.2) is 5.78 Å². The second kappa shape index (κ2) is 4.99. The van der Waals surface area contributed by atoms with Crippen molar-refractivity contribution in [2.75, 3.05) is 32.2 Å². The highest BCUT2D eigenvalue weighted by atomic mass is 16.5. The van der Waals surface area contributed by atoms with E-state index < -0.39 is 0 Å². The second-order valence-electron chi connectivity index (χ2n) is 3.82.